The van der Waals surface area contributed by atoms with Crippen LogP contribution in [0.25, 0.3) is 0 Å². The highest BCUT2D eigenvalue weighted by Crippen LogP contribution is 2.31. The summed E-state index contributed by atoms with van der Waals surface area (Å²) in [7, 11) is 0. The molecule has 0 saturated carbocycles. The van der Waals surface area contributed by atoms with Gasteiger partial charge in [-0.05, 0) is 37.0 Å². The molecule has 1 N–H and O–H groups in total. The van der Waals surface area contributed by atoms with Gasteiger partial charge in [0.1, 0.15) is 0 Å². The minimum atomic E-state index is 0.442. The third kappa shape index (κ3) is 5.25. The van der Waals surface area contributed by atoms with E-state index in [1.807, 2.05) is 0 Å². The second-order valence-corrected chi connectivity index (χ2v) is 7.61. The molecule has 0 amide bonds. The molecular formula is C15H30N2OS. The molecule has 0 bridgehead atoms. The van der Waals surface area contributed by atoms with Gasteiger partial charge < -0.3 is 15.0 Å². The van der Waals surface area contributed by atoms with E-state index in [0.717, 1.165) is 19.8 Å². The average Bonchev–Trinajstić information content (AvgIpc) is 2.66. The molecular weight excluding hydrogens is 256 g/mol. The van der Waals surface area contributed by atoms with E-state index in [-0.39, 0.29) is 0 Å². The van der Waals surface area contributed by atoms with Crippen LogP contribution in [0.15, 0.2) is 0 Å². The Morgan fingerprint density at radius 3 is 2.74 bits per heavy atom. The minimum absolute atomic E-state index is 0.442. The number of thioether (sulfide) groups is 1. The fourth-order valence-corrected chi connectivity index (χ4v) is 3.97. The van der Waals surface area contributed by atoms with Crippen LogP contribution >= 0.6 is 11.8 Å². The van der Waals surface area contributed by atoms with Crippen LogP contribution in [0.3, 0.4) is 0 Å². The number of nitrogens with one attached hydrogen (secondary N) is 1. The molecule has 0 aromatic rings. The van der Waals surface area contributed by atoms with E-state index in [1.165, 1.54) is 50.4 Å². The third-order valence-corrected chi connectivity index (χ3v) is 5.36. The Labute approximate surface area is 122 Å². The van der Waals surface area contributed by atoms with Crippen LogP contribution in [-0.2, 0) is 4.74 Å². The van der Waals surface area contributed by atoms with Crippen molar-refractivity contribution in [2.45, 2.75) is 39.2 Å². The van der Waals surface area contributed by atoms with Crippen LogP contribution in [0, 0.1) is 5.41 Å². The minimum Gasteiger partial charge on any atom is -0.381 e. The highest BCUT2D eigenvalue weighted by atomic mass is 32.2. The van der Waals surface area contributed by atoms with E-state index in [2.05, 4.69) is 35.8 Å². The summed E-state index contributed by atoms with van der Waals surface area (Å²) in [5.41, 5.74) is 0.442. The maximum atomic E-state index is 5.60. The predicted octanol–water partition coefficient (Wildman–Crippen LogP) is 2.22. The van der Waals surface area contributed by atoms with Crippen LogP contribution in [0.1, 0.15) is 33.1 Å². The summed E-state index contributed by atoms with van der Waals surface area (Å²) in [6, 6.07) is 0.583. The summed E-state index contributed by atoms with van der Waals surface area (Å²) in [4.78, 5) is 2.70. The van der Waals surface area contributed by atoms with E-state index in [9.17, 15) is 0 Å². The molecule has 2 aliphatic rings. The lowest BCUT2D eigenvalue weighted by Crippen LogP contribution is -2.49. The Hall–Kier alpha value is 0.230. The smallest absolute Gasteiger partial charge is 0.0472 e. The van der Waals surface area contributed by atoms with Crippen LogP contribution in [0.4, 0.5) is 0 Å². The predicted molar refractivity (Wildman–Crippen MR) is 84.0 cm³/mol. The Bertz CT molecular complexity index is 247. The number of rotatable bonds is 5. The Morgan fingerprint density at radius 1 is 1.21 bits per heavy atom. The van der Waals surface area contributed by atoms with Crippen molar-refractivity contribution in [3.63, 3.8) is 0 Å². The first-order valence-electron chi connectivity index (χ1n) is 7.81. The van der Waals surface area contributed by atoms with Gasteiger partial charge in [-0.1, -0.05) is 13.8 Å². The van der Waals surface area contributed by atoms with Crippen molar-refractivity contribution in [3.05, 3.63) is 0 Å². The molecule has 2 heterocycles. The molecule has 4 heteroatoms. The highest BCUT2D eigenvalue weighted by Gasteiger charge is 2.34. The van der Waals surface area contributed by atoms with Crippen LogP contribution in [0.5, 0.6) is 0 Å². The molecule has 0 aromatic heterocycles. The maximum absolute atomic E-state index is 5.60. The van der Waals surface area contributed by atoms with Crippen molar-refractivity contribution in [2.24, 2.45) is 5.41 Å². The van der Waals surface area contributed by atoms with Gasteiger partial charge in [0, 0.05) is 44.6 Å². The first kappa shape index (κ1) is 15.6. The normalized spacial score (nSPS) is 25.4. The third-order valence-electron chi connectivity index (χ3n) is 4.31. The number of ether oxygens (including phenoxy) is 1. The van der Waals surface area contributed by atoms with Crippen molar-refractivity contribution in [1.82, 2.24) is 10.2 Å². The fourth-order valence-electron chi connectivity index (χ4n) is 3.05. The highest BCUT2D eigenvalue weighted by molar-refractivity contribution is 7.99. The van der Waals surface area contributed by atoms with Gasteiger partial charge in [-0.25, -0.2) is 0 Å². The van der Waals surface area contributed by atoms with E-state index < -0.39 is 0 Å². The summed E-state index contributed by atoms with van der Waals surface area (Å²) in [5, 5.41) is 3.67. The van der Waals surface area contributed by atoms with Gasteiger partial charge in [-0.15, -0.1) is 0 Å². The Morgan fingerprint density at radius 2 is 2.00 bits per heavy atom. The van der Waals surface area contributed by atoms with E-state index in [4.69, 9.17) is 4.74 Å². The zero-order valence-corrected chi connectivity index (χ0v) is 13.4. The fraction of sp³-hybridized carbons (Fsp3) is 1.00. The van der Waals surface area contributed by atoms with Crippen LogP contribution in [-0.4, -0.2) is 61.8 Å². The first-order valence-corrected chi connectivity index (χ1v) is 8.97. The van der Waals surface area contributed by atoms with Gasteiger partial charge in [-0.3, -0.25) is 0 Å². The van der Waals surface area contributed by atoms with Gasteiger partial charge >= 0.3 is 0 Å². The van der Waals surface area contributed by atoms with E-state index in [0.29, 0.717) is 11.5 Å². The molecule has 2 saturated heterocycles. The van der Waals surface area contributed by atoms with Gasteiger partial charge in [-0.2, -0.15) is 11.8 Å². The summed E-state index contributed by atoms with van der Waals surface area (Å²) < 4.78 is 5.60. The monoisotopic (exact) mass is 286 g/mol. The molecule has 0 unspecified atom stereocenters. The van der Waals surface area contributed by atoms with Crippen LogP contribution < -0.4 is 5.32 Å². The molecule has 2 fully saturated rings. The molecule has 2 aliphatic heterocycles. The van der Waals surface area contributed by atoms with Crippen molar-refractivity contribution < 1.29 is 4.74 Å². The SMILES string of the molecule is CC(C)NCC1(CN2CCCSCC2)CCOCC1. The molecule has 0 spiro atoms. The number of nitrogens with zero attached hydrogens (tertiary/aromatic N) is 1. The molecule has 112 valence electrons. The second-order valence-electron chi connectivity index (χ2n) is 6.39. The van der Waals surface area contributed by atoms with Gasteiger partial charge in [0.2, 0.25) is 0 Å². The van der Waals surface area contributed by atoms with Crippen LogP contribution in [0.2, 0.25) is 0 Å². The summed E-state index contributed by atoms with van der Waals surface area (Å²) in [6.07, 6.45) is 3.79. The molecule has 0 radical (unpaired) electrons. The summed E-state index contributed by atoms with van der Waals surface area (Å²) in [6.45, 7) is 11.4. The molecule has 0 aromatic carbocycles. The zero-order valence-electron chi connectivity index (χ0n) is 12.6. The standard InChI is InChI=1S/C15H30N2OS/c1-14(2)16-12-15(4-8-18-9-5-15)13-17-6-3-10-19-11-7-17/h14,16H,3-13H2,1-2H3. The van der Waals surface area contributed by atoms with E-state index in [1.54, 1.807) is 0 Å². The van der Waals surface area contributed by atoms with Gasteiger partial charge in [0.05, 0.1) is 0 Å². The number of hydrogen-bond acceptors (Lipinski definition) is 4. The maximum Gasteiger partial charge on any atom is 0.0472 e. The lowest BCUT2D eigenvalue weighted by atomic mass is 9.79. The lowest BCUT2D eigenvalue weighted by molar-refractivity contribution is -0.00410. The van der Waals surface area contributed by atoms with E-state index >= 15 is 0 Å². The van der Waals surface area contributed by atoms with Crippen molar-refractivity contribution >= 4 is 11.8 Å². The molecule has 0 atom stereocenters. The van der Waals surface area contributed by atoms with Crippen molar-refractivity contribution in [3.8, 4) is 0 Å². The quantitative estimate of drug-likeness (QED) is 0.837. The average molecular weight is 286 g/mol. The van der Waals surface area contributed by atoms with Gasteiger partial charge in [0.25, 0.3) is 0 Å². The Balaban J connectivity index is 1.91. The topological polar surface area (TPSA) is 24.5 Å². The molecule has 2 rings (SSSR count). The largest absolute Gasteiger partial charge is 0.381 e. The van der Waals surface area contributed by atoms with Crippen molar-refractivity contribution in [1.29, 1.82) is 0 Å². The van der Waals surface area contributed by atoms with Crippen molar-refractivity contribution in [2.75, 3.05) is 50.9 Å². The van der Waals surface area contributed by atoms with Gasteiger partial charge in [0.15, 0.2) is 0 Å². The molecule has 0 aliphatic carbocycles. The molecule has 19 heavy (non-hydrogen) atoms. The second kappa shape index (κ2) is 7.87. The Kier molecular flexibility index (Phi) is 6.46. The zero-order chi connectivity index (χ0) is 13.6. The lowest BCUT2D eigenvalue weighted by Gasteiger charge is -2.41. The molecule has 3 nitrogen and oxygen atoms in total. The number of hydrogen-bond donors (Lipinski definition) is 1. The summed E-state index contributed by atoms with van der Waals surface area (Å²) >= 11 is 2.12. The first-order chi connectivity index (χ1) is 9.20. The summed E-state index contributed by atoms with van der Waals surface area (Å²) in [5.74, 6) is 2.65.